The molecule has 122 valence electrons. The topological polar surface area (TPSA) is 24.8 Å². The van der Waals surface area contributed by atoms with Crippen molar-refractivity contribution in [3.8, 4) is 0 Å². The first-order chi connectivity index (χ1) is 9.56. The quantitative estimate of drug-likeness (QED) is 0.397. The van der Waals surface area contributed by atoms with Crippen LogP contribution in [-0.4, -0.2) is 33.6 Å². The molecule has 0 aliphatic heterocycles. The third-order valence-electron chi connectivity index (χ3n) is 5.23. The third-order valence-corrected chi connectivity index (χ3v) is 9.68. The summed E-state index contributed by atoms with van der Waals surface area (Å²) in [5.41, 5.74) is 0. The zero-order valence-corrected chi connectivity index (χ0v) is 16.2. The van der Waals surface area contributed by atoms with Crippen molar-refractivity contribution in [2.75, 3.05) is 14.1 Å². The van der Waals surface area contributed by atoms with Gasteiger partial charge in [-0.1, -0.05) is 27.7 Å². The maximum atomic E-state index is 6.57. The molecule has 1 aliphatic carbocycles. The summed E-state index contributed by atoms with van der Waals surface area (Å²) >= 11 is 0. The second-order valence-electron chi connectivity index (χ2n) is 7.79. The van der Waals surface area contributed by atoms with Crippen molar-refractivity contribution in [2.24, 2.45) is 16.9 Å². The van der Waals surface area contributed by atoms with Gasteiger partial charge in [-0.25, -0.2) is 0 Å². The lowest BCUT2D eigenvalue weighted by atomic mass is 9.96. The summed E-state index contributed by atoms with van der Waals surface area (Å²) in [5, 5.41) is 6.49. The van der Waals surface area contributed by atoms with E-state index in [9.17, 15) is 0 Å². The van der Waals surface area contributed by atoms with Crippen LogP contribution in [0.15, 0.2) is 16.9 Å². The Morgan fingerprint density at radius 1 is 1.38 bits per heavy atom. The monoisotopic (exact) mass is 310 g/mol. The summed E-state index contributed by atoms with van der Waals surface area (Å²) in [6.07, 6.45) is 7.80. The third kappa shape index (κ3) is 4.87. The average molecular weight is 311 g/mol. The lowest BCUT2D eigenvalue weighted by Crippen LogP contribution is -2.45. The molecule has 0 amide bonds. The van der Waals surface area contributed by atoms with Crippen LogP contribution in [0.4, 0.5) is 0 Å². The molecule has 0 radical (unpaired) electrons. The molecule has 1 aliphatic rings. The Kier molecular flexibility index (Phi) is 6.08. The second kappa shape index (κ2) is 6.99. The minimum atomic E-state index is -1.78. The number of allylic oxidation sites excluding steroid dienone is 2. The van der Waals surface area contributed by atoms with Gasteiger partial charge in [-0.15, -0.1) is 0 Å². The van der Waals surface area contributed by atoms with E-state index in [1.54, 1.807) is 0 Å². The van der Waals surface area contributed by atoms with Gasteiger partial charge in [-0.2, -0.15) is 5.10 Å². The lowest BCUT2D eigenvalue weighted by Gasteiger charge is -2.43. The molecule has 0 fully saturated rings. The second-order valence-corrected chi connectivity index (χ2v) is 12.3. The van der Waals surface area contributed by atoms with Gasteiger partial charge in [-0.3, -0.25) is 0 Å². The molecule has 1 atom stereocenters. The van der Waals surface area contributed by atoms with Crippen molar-refractivity contribution in [2.45, 2.75) is 65.1 Å². The highest BCUT2D eigenvalue weighted by molar-refractivity contribution is 6.74. The highest BCUT2D eigenvalue weighted by atomic mass is 28.4. The zero-order valence-electron chi connectivity index (χ0n) is 15.2. The molecular formula is C17H34N2OSi. The standard InChI is InChI=1S/C17H34N2OSi/c1-14(2)17(3,4)21(7,8)20-16-11-9-10-15(12-16)13-18-19(5)6/h12-15H,9-11H2,1-8H3/b18-13+. The molecule has 21 heavy (non-hydrogen) atoms. The Balaban J connectivity index is 2.81. The van der Waals surface area contributed by atoms with Crippen LogP contribution in [0.5, 0.6) is 0 Å². The Morgan fingerprint density at radius 2 is 2.00 bits per heavy atom. The molecule has 0 bridgehead atoms. The van der Waals surface area contributed by atoms with E-state index >= 15 is 0 Å². The van der Waals surface area contributed by atoms with Crippen LogP contribution >= 0.6 is 0 Å². The van der Waals surface area contributed by atoms with Gasteiger partial charge in [0.2, 0.25) is 0 Å². The van der Waals surface area contributed by atoms with Gasteiger partial charge in [0.25, 0.3) is 8.32 Å². The molecule has 0 aromatic rings. The van der Waals surface area contributed by atoms with Gasteiger partial charge >= 0.3 is 0 Å². The van der Waals surface area contributed by atoms with Crippen molar-refractivity contribution < 1.29 is 4.43 Å². The van der Waals surface area contributed by atoms with Crippen molar-refractivity contribution in [1.82, 2.24) is 5.01 Å². The normalized spacial score (nSPS) is 20.8. The van der Waals surface area contributed by atoms with E-state index in [1.165, 1.54) is 18.6 Å². The Morgan fingerprint density at radius 3 is 2.52 bits per heavy atom. The zero-order chi connectivity index (χ0) is 16.3. The van der Waals surface area contributed by atoms with Gasteiger partial charge in [0.1, 0.15) is 0 Å². The number of rotatable bonds is 6. The summed E-state index contributed by atoms with van der Waals surface area (Å²) < 4.78 is 6.57. The molecule has 0 saturated heterocycles. The number of hydrazone groups is 1. The largest absolute Gasteiger partial charge is 0.547 e. The molecule has 0 heterocycles. The fourth-order valence-corrected chi connectivity index (χ4v) is 4.97. The maximum absolute atomic E-state index is 6.57. The Hall–Kier alpha value is -0.773. The minimum Gasteiger partial charge on any atom is -0.547 e. The van der Waals surface area contributed by atoms with E-state index in [2.05, 4.69) is 52.0 Å². The van der Waals surface area contributed by atoms with Crippen molar-refractivity contribution >= 4 is 14.5 Å². The highest BCUT2D eigenvalue weighted by Crippen LogP contribution is 2.46. The minimum absolute atomic E-state index is 0.262. The molecule has 0 N–H and O–H groups in total. The average Bonchev–Trinajstić information content (AvgIpc) is 2.35. The van der Waals surface area contributed by atoms with Crippen LogP contribution < -0.4 is 0 Å². The first kappa shape index (κ1) is 18.3. The van der Waals surface area contributed by atoms with Gasteiger partial charge < -0.3 is 9.43 Å². The molecule has 0 saturated carbocycles. The molecule has 0 aromatic heterocycles. The fraction of sp³-hybridized carbons (Fsp3) is 0.824. The van der Waals surface area contributed by atoms with E-state index in [4.69, 9.17) is 4.43 Å². The van der Waals surface area contributed by atoms with Crippen molar-refractivity contribution in [3.63, 3.8) is 0 Å². The van der Waals surface area contributed by atoms with Gasteiger partial charge in [0.05, 0.1) is 5.76 Å². The molecule has 1 rings (SSSR count). The summed E-state index contributed by atoms with van der Waals surface area (Å²) in [6.45, 7) is 14.0. The van der Waals surface area contributed by atoms with Crippen LogP contribution in [0.2, 0.25) is 18.1 Å². The summed E-state index contributed by atoms with van der Waals surface area (Å²) in [6, 6.07) is 0. The molecule has 3 nitrogen and oxygen atoms in total. The van der Waals surface area contributed by atoms with E-state index in [0.29, 0.717) is 11.8 Å². The Labute approximate surface area is 132 Å². The fourth-order valence-electron chi connectivity index (χ4n) is 2.49. The van der Waals surface area contributed by atoms with E-state index in [1.807, 2.05) is 25.3 Å². The van der Waals surface area contributed by atoms with Crippen molar-refractivity contribution in [1.29, 1.82) is 0 Å². The predicted octanol–water partition coefficient (Wildman–Crippen LogP) is 4.88. The first-order valence-corrected chi connectivity index (χ1v) is 11.1. The molecule has 4 heteroatoms. The van der Waals surface area contributed by atoms with Crippen LogP contribution in [0.1, 0.15) is 47.0 Å². The van der Waals surface area contributed by atoms with Crippen LogP contribution in [-0.2, 0) is 4.43 Å². The highest BCUT2D eigenvalue weighted by Gasteiger charge is 2.45. The predicted molar refractivity (Wildman–Crippen MR) is 95.0 cm³/mol. The smallest absolute Gasteiger partial charge is 0.250 e. The number of hydrogen-bond donors (Lipinski definition) is 0. The van der Waals surface area contributed by atoms with Crippen LogP contribution in [0, 0.1) is 11.8 Å². The van der Waals surface area contributed by atoms with Crippen LogP contribution in [0.3, 0.4) is 0 Å². The maximum Gasteiger partial charge on any atom is 0.250 e. The summed E-state index contributed by atoms with van der Waals surface area (Å²) in [7, 11) is 2.14. The first-order valence-electron chi connectivity index (χ1n) is 8.17. The van der Waals surface area contributed by atoms with Crippen molar-refractivity contribution in [3.05, 3.63) is 11.8 Å². The van der Waals surface area contributed by atoms with Gasteiger partial charge in [0.15, 0.2) is 0 Å². The molecule has 0 spiro atoms. The SMILES string of the molecule is CC(C)C(C)(C)[Si](C)(C)OC1=CC(/C=N/N(C)C)CCC1. The van der Waals surface area contributed by atoms with E-state index in [-0.39, 0.29) is 5.04 Å². The Bertz CT molecular complexity index is 398. The number of hydrogen-bond acceptors (Lipinski definition) is 3. The number of nitrogens with zero attached hydrogens (tertiary/aromatic N) is 2. The van der Waals surface area contributed by atoms with E-state index < -0.39 is 8.32 Å². The van der Waals surface area contributed by atoms with Crippen LogP contribution in [0.25, 0.3) is 0 Å². The van der Waals surface area contributed by atoms with E-state index in [0.717, 1.165) is 6.42 Å². The van der Waals surface area contributed by atoms with Gasteiger partial charge in [0, 0.05) is 32.6 Å². The molecular weight excluding hydrogens is 276 g/mol. The van der Waals surface area contributed by atoms with Gasteiger partial charge in [-0.05, 0) is 43.0 Å². The summed E-state index contributed by atoms with van der Waals surface area (Å²) in [5.74, 6) is 2.25. The summed E-state index contributed by atoms with van der Waals surface area (Å²) in [4.78, 5) is 0. The molecule has 1 unspecified atom stereocenters. The lowest BCUT2D eigenvalue weighted by molar-refractivity contribution is 0.315. The molecule has 0 aromatic carbocycles.